The van der Waals surface area contributed by atoms with Crippen molar-refractivity contribution < 1.29 is 9.90 Å². The minimum atomic E-state index is 0.329. The van der Waals surface area contributed by atoms with E-state index in [0.717, 1.165) is 0 Å². The monoisotopic (exact) mass is 182 g/mol. The lowest BCUT2D eigenvalue weighted by Crippen LogP contribution is -1.66. The zero-order valence-corrected chi connectivity index (χ0v) is 8.58. The van der Waals surface area contributed by atoms with Crippen LogP contribution in [-0.2, 0) is 4.79 Å². The van der Waals surface area contributed by atoms with Gasteiger partial charge in [-0.1, -0.05) is 38.0 Å². The molecule has 0 bridgehead atoms. The summed E-state index contributed by atoms with van der Waals surface area (Å²) in [6.07, 6.45) is 1.25. The summed E-state index contributed by atoms with van der Waals surface area (Å²) in [6, 6.07) is 7.09. The number of hydrogen-bond donors (Lipinski definition) is 1. The van der Waals surface area contributed by atoms with Crippen LogP contribution in [0.5, 0.6) is 5.75 Å². The molecule has 0 saturated carbocycles. The van der Waals surface area contributed by atoms with Gasteiger partial charge in [-0.3, -0.25) is 0 Å². The van der Waals surface area contributed by atoms with Gasteiger partial charge >= 0.3 is 0 Å². The van der Waals surface area contributed by atoms with E-state index >= 15 is 0 Å². The van der Waals surface area contributed by atoms with Gasteiger partial charge in [0.05, 0.1) is 0 Å². The van der Waals surface area contributed by atoms with Crippen LogP contribution < -0.4 is 0 Å². The average molecular weight is 182 g/mol. The molecule has 0 atom stereocenters. The van der Waals surface area contributed by atoms with Crippen LogP contribution in [0.2, 0.25) is 0 Å². The molecule has 1 N–H and O–H groups in total. The first kappa shape index (κ1) is 14.2. The molecular weight excluding hydrogens is 164 g/mol. The van der Waals surface area contributed by atoms with Crippen LogP contribution in [0.15, 0.2) is 24.3 Å². The van der Waals surface area contributed by atoms with Crippen molar-refractivity contribution in [3.8, 4) is 5.75 Å². The Morgan fingerprint density at radius 1 is 1.15 bits per heavy atom. The summed E-state index contributed by atoms with van der Waals surface area (Å²) >= 11 is 0. The Morgan fingerprint density at radius 2 is 1.46 bits per heavy atom. The second kappa shape index (κ2) is 10.7. The molecule has 0 amide bonds. The Labute approximate surface area is 80.2 Å². The third-order valence-corrected chi connectivity index (χ3v) is 1.03. The Kier molecular flexibility index (Phi) is 11.7. The molecule has 74 valence electrons. The molecule has 0 aliphatic heterocycles. The maximum atomic E-state index is 8.76. The minimum absolute atomic E-state index is 0.329. The minimum Gasteiger partial charge on any atom is -0.508 e. The molecule has 0 spiro atoms. The summed E-state index contributed by atoms with van der Waals surface area (Å²) in [6.45, 7) is 8.24. The summed E-state index contributed by atoms with van der Waals surface area (Å²) in [5.41, 5.74) is 1.17. The van der Waals surface area contributed by atoms with Crippen LogP contribution >= 0.6 is 0 Å². The van der Waals surface area contributed by atoms with Crippen molar-refractivity contribution in [1.82, 2.24) is 0 Å². The van der Waals surface area contributed by atoms with E-state index in [1.54, 1.807) is 12.1 Å². The molecule has 13 heavy (non-hydrogen) atoms. The van der Waals surface area contributed by atoms with Crippen LogP contribution in [-0.4, -0.2) is 11.9 Å². The van der Waals surface area contributed by atoms with E-state index < -0.39 is 0 Å². The van der Waals surface area contributed by atoms with Gasteiger partial charge in [-0.25, -0.2) is 0 Å². The number of aromatic hydroxyl groups is 1. The summed E-state index contributed by atoms with van der Waals surface area (Å²) < 4.78 is 0. The van der Waals surface area contributed by atoms with Gasteiger partial charge in [0.15, 0.2) is 0 Å². The van der Waals surface area contributed by atoms with Crippen LogP contribution in [0.25, 0.3) is 0 Å². The number of phenolic OH excluding ortho intramolecular Hbond substituents is 1. The van der Waals surface area contributed by atoms with Gasteiger partial charge in [0.2, 0.25) is 0 Å². The van der Waals surface area contributed by atoms with Gasteiger partial charge in [-0.15, -0.1) is 0 Å². The van der Waals surface area contributed by atoms with Gasteiger partial charge in [0.1, 0.15) is 12.5 Å². The smallest absolute Gasteiger partial charge is 0.115 e. The van der Waals surface area contributed by atoms with E-state index in [1.807, 2.05) is 25.8 Å². The van der Waals surface area contributed by atoms with Crippen molar-refractivity contribution in [2.75, 3.05) is 0 Å². The van der Waals surface area contributed by atoms with Crippen molar-refractivity contribution in [2.45, 2.75) is 27.2 Å². The number of rotatable bonds is 0. The lowest BCUT2D eigenvalue weighted by Gasteiger charge is -1.89. The van der Waals surface area contributed by atoms with E-state index in [-0.39, 0.29) is 0 Å². The van der Waals surface area contributed by atoms with Gasteiger partial charge in [0, 0.05) is 0 Å². The molecule has 0 unspecified atom stereocenters. The number of hydrogen-bond acceptors (Lipinski definition) is 2. The molecule has 0 aliphatic carbocycles. The Morgan fingerprint density at radius 3 is 1.69 bits per heavy atom. The van der Waals surface area contributed by atoms with Crippen molar-refractivity contribution >= 4 is 6.79 Å². The summed E-state index contributed by atoms with van der Waals surface area (Å²) in [5, 5.41) is 8.76. The maximum Gasteiger partial charge on any atom is 0.115 e. The number of benzene rings is 1. The van der Waals surface area contributed by atoms with Crippen LogP contribution in [0.1, 0.15) is 25.8 Å². The van der Waals surface area contributed by atoms with Crippen molar-refractivity contribution in [2.24, 2.45) is 0 Å². The number of phenols is 1. The molecule has 1 aromatic rings. The molecular formula is C11H18O2. The average Bonchev–Trinajstić information content (AvgIpc) is 2.15. The Balaban J connectivity index is 0. The van der Waals surface area contributed by atoms with Crippen molar-refractivity contribution in [1.29, 1.82) is 0 Å². The summed E-state index contributed by atoms with van der Waals surface area (Å²) in [7, 11) is 0. The zero-order valence-electron chi connectivity index (χ0n) is 8.58. The first-order valence-corrected chi connectivity index (χ1v) is 4.25. The molecule has 2 heteroatoms. The molecule has 1 rings (SSSR count). The summed E-state index contributed by atoms with van der Waals surface area (Å²) in [4.78, 5) is 8.00. The molecule has 0 fully saturated rings. The van der Waals surface area contributed by atoms with Gasteiger partial charge in [-0.2, -0.15) is 0 Å². The fraction of sp³-hybridized carbons (Fsp3) is 0.364. The van der Waals surface area contributed by atoms with E-state index in [0.29, 0.717) is 5.75 Å². The van der Waals surface area contributed by atoms with E-state index in [1.165, 1.54) is 12.0 Å². The Bertz CT molecular complexity index is 171. The van der Waals surface area contributed by atoms with Gasteiger partial charge in [0.25, 0.3) is 0 Å². The number of carbonyl (C=O) groups is 1. The molecule has 0 radical (unpaired) electrons. The quantitative estimate of drug-likeness (QED) is 0.669. The highest BCUT2D eigenvalue weighted by atomic mass is 16.3. The van der Waals surface area contributed by atoms with Gasteiger partial charge in [-0.05, 0) is 19.1 Å². The lowest BCUT2D eigenvalue weighted by molar-refractivity contribution is -0.0979. The predicted molar refractivity (Wildman–Crippen MR) is 55.9 cm³/mol. The largest absolute Gasteiger partial charge is 0.508 e. The van der Waals surface area contributed by atoms with Crippen molar-refractivity contribution in [3.05, 3.63) is 29.8 Å². The standard InChI is InChI=1S/C7H8O.C3H8.CH2O/c1-6-2-4-7(8)5-3-6;1-3-2;1-2/h2-5,8H,1H3;3H2,1-2H3;1H2. The molecule has 2 nitrogen and oxygen atoms in total. The SMILES string of the molecule is C=O.CCC.Cc1ccc(O)cc1. The van der Waals surface area contributed by atoms with E-state index in [4.69, 9.17) is 9.90 Å². The first-order chi connectivity index (χ1) is 6.20. The van der Waals surface area contributed by atoms with Crippen molar-refractivity contribution in [3.63, 3.8) is 0 Å². The molecule has 1 aromatic carbocycles. The lowest BCUT2D eigenvalue weighted by atomic mass is 10.2. The fourth-order valence-electron chi connectivity index (χ4n) is 0.545. The third kappa shape index (κ3) is 10.7. The second-order valence-corrected chi connectivity index (χ2v) is 2.54. The van der Waals surface area contributed by atoms with E-state index in [2.05, 4.69) is 13.8 Å². The topological polar surface area (TPSA) is 37.3 Å². The first-order valence-electron chi connectivity index (χ1n) is 4.25. The van der Waals surface area contributed by atoms with Crippen LogP contribution in [0.3, 0.4) is 0 Å². The molecule has 0 aromatic heterocycles. The maximum absolute atomic E-state index is 8.76. The molecule has 0 saturated heterocycles. The van der Waals surface area contributed by atoms with Crippen LogP contribution in [0, 0.1) is 6.92 Å². The predicted octanol–water partition coefficient (Wildman–Crippen LogP) is 2.93. The molecule has 0 heterocycles. The third-order valence-electron chi connectivity index (χ3n) is 1.03. The summed E-state index contributed by atoms with van der Waals surface area (Å²) in [5.74, 6) is 0.329. The number of carbonyl (C=O) groups excluding carboxylic acids is 1. The normalized spacial score (nSPS) is 7.31. The van der Waals surface area contributed by atoms with Gasteiger partial charge < -0.3 is 9.90 Å². The molecule has 0 aliphatic rings. The van der Waals surface area contributed by atoms with E-state index in [9.17, 15) is 0 Å². The fourth-order valence-corrected chi connectivity index (χ4v) is 0.545. The number of aryl methyl sites for hydroxylation is 1. The Hall–Kier alpha value is -1.31. The second-order valence-electron chi connectivity index (χ2n) is 2.54. The highest BCUT2D eigenvalue weighted by Crippen LogP contribution is 2.07. The highest BCUT2D eigenvalue weighted by molar-refractivity contribution is 5.24. The highest BCUT2D eigenvalue weighted by Gasteiger charge is 1.82. The zero-order chi connectivity index (χ0) is 10.7. The van der Waals surface area contributed by atoms with Crippen LogP contribution in [0.4, 0.5) is 0 Å².